The van der Waals surface area contributed by atoms with Gasteiger partial charge in [0.1, 0.15) is 0 Å². The van der Waals surface area contributed by atoms with Crippen LogP contribution in [0.25, 0.3) is 0 Å². The summed E-state index contributed by atoms with van der Waals surface area (Å²) >= 11 is 0. The maximum atomic E-state index is 5.57. The van der Waals surface area contributed by atoms with Crippen LogP contribution in [0.15, 0.2) is 0 Å². The first-order valence-corrected chi connectivity index (χ1v) is 6.68. The van der Waals surface area contributed by atoms with Crippen molar-refractivity contribution in [3.8, 4) is 0 Å². The average molecular weight is 228 g/mol. The van der Waals surface area contributed by atoms with E-state index in [2.05, 4.69) is 37.9 Å². The van der Waals surface area contributed by atoms with Crippen LogP contribution in [-0.4, -0.2) is 49.3 Å². The molecule has 16 heavy (non-hydrogen) atoms. The van der Waals surface area contributed by atoms with Crippen LogP contribution in [0.3, 0.4) is 0 Å². The van der Waals surface area contributed by atoms with Gasteiger partial charge in [-0.05, 0) is 26.7 Å². The van der Waals surface area contributed by atoms with Gasteiger partial charge < -0.3 is 10.1 Å². The third-order valence-corrected chi connectivity index (χ3v) is 3.65. The van der Waals surface area contributed by atoms with Crippen molar-refractivity contribution in [3.05, 3.63) is 0 Å². The fraction of sp³-hybridized carbons (Fsp3) is 1.00. The maximum Gasteiger partial charge on any atom is 0.0593 e. The van der Waals surface area contributed by atoms with Crippen LogP contribution < -0.4 is 5.32 Å². The first kappa shape index (κ1) is 13.9. The molecule has 1 fully saturated rings. The van der Waals surface area contributed by atoms with E-state index in [1.54, 1.807) is 0 Å². The Hall–Kier alpha value is -0.120. The lowest BCUT2D eigenvalue weighted by atomic mass is 9.94. The minimum absolute atomic E-state index is 0.289. The van der Waals surface area contributed by atoms with Crippen molar-refractivity contribution in [2.45, 2.75) is 52.1 Å². The summed E-state index contributed by atoms with van der Waals surface area (Å²) in [4.78, 5) is 2.55. The number of rotatable bonds is 6. The summed E-state index contributed by atoms with van der Waals surface area (Å²) in [5.74, 6) is 0. The summed E-state index contributed by atoms with van der Waals surface area (Å²) in [6.45, 7) is 14.1. The number of nitrogens with zero attached hydrogens (tertiary/aromatic N) is 1. The summed E-state index contributed by atoms with van der Waals surface area (Å²) in [5, 5.41) is 3.64. The van der Waals surface area contributed by atoms with Gasteiger partial charge in [-0.25, -0.2) is 0 Å². The van der Waals surface area contributed by atoms with Gasteiger partial charge in [-0.2, -0.15) is 0 Å². The maximum absolute atomic E-state index is 5.57. The molecule has 2 unspecified atom stereocenters. The molecule has 0 spiro atoms. The first-order chi connectivity index (χ1) is 7.61. The van der Waals surface area contributed by atoms with Gasteiger partial charge in [0.2, 0.25) is 0 Å². The van der Waals surface area contributed by atoms with E-state index in [9.17, 15) is 0 Å². The van der Waals surface area contributed by atoms with Gasteiger partial charge in [0.05, 0.1) is 6.61 Å². The predicted octanol–water partition coefficient (Wildman–Crippen LogP) is 1.88. The Bertz CT molecular complexity index is 198. The highest BCUT2D eigenvalue weighted by atomic mass is 16.5. The summed E-state index contributed by atoms with van der Waals surface area (Å²) in [7, 11) is 0. The molecule has 0 aromatic carbocycles. The number of hydrogen-bond acceptors (Lipinski definition) is 3. The van der Waals surface area contributed by atoms with Gasteiger partial charge in [-0.3, -0.25) is 4.90 Å². The van der Waals surface area contributed by atoms with Crippen molar-refractivity contribution in [1.82, 2.24) is 10.2 Å². The van der Waals surface area contributed by atoms with Crippen LogP contribution in [0.1, 0.15) is 40.5 Å². The van der Waals surface area contributed by atoms with E-state index in [0.717, 1.165) is 39.3 Å². The van der Waals surface area contributed by atoms with Crippen LogP contribution in [0.4, 0.5) is 0 Å². The van der Waals surface area contributed by atoms with Crippen LogP contribution >= 0.6 is 0 Å². The highest BCUT2D eigenvalue weighted by Crippen LogP contribution is 2.18. The molecule has 0 radical (unpaired) electrons. The second-order valence-electron chi connectivity index (χ2n) is 5.23. The lowest BCUT2D eigenvalue weighted by Crippen LogP contribution is -2.62. The monoisotopic (exact) mass is 228 g/mol. The van der Waals surface area contributed by atoms with Gasteiger partial charge in [0.25, 0.3) is 0 Å². The first-order valence-electron chi connectivity index (χ1n) is 6.68. The summed E-state index contributed by atoms with van der Waals surface area (Å²) in [6, 6.07) is 0.629. The minimum Gasteiger partial charge on any atom is -0.380 e. The molecule has 3 nitrogen and oxygen atoms in total. The van der Waals surface area contributed by atoms with E-state index in [-0.39, 0.29) is 5.54 Å². The minimum atomic E-state index is 0.289. The van der Waals surface area contributed by atoms with Crippen LogP contribution in [0, 0.1) is 0 Å². The lowest BCUT2D eigenvalue weighted by Gasteiger charge is -2.45. The molecular weight excluding hydrogens is 200 g/mol. The van der Waals surface area contributed by atoms with E-state index in [0.29, 0.717) is 6.04 Å². The Labute approximate surface area is 101 Å². The zero-order valence-electron chi connectivity index (χ0n) is 11.4. The van der Waals surface area contributed by atoms with Gasteiger partial charge in [-0.15, -0.1) is 0 Å². The molecule has 3 heteroatoms. The van der Waals surface area contributed by atoms with Gasteiger partial charge >= 0.3 is 0 Å². The predicted molar refractivity (Wildman–Crippen MR) is 68.8 cm³/mol. The molecule has 0 bridgehead atoms. The zero-order valence-corrected chi connectivity index (χ0v) is 11.4. The average Bonchev–Trinajstić information content (AvgIpc) is 2.29. The summed E-state index contributed by atoms with van der Waals surface area (Å²) in [6.07, 6.45) is 2.30. The molecule has 96 valence electrons. The van der Waals surface area contributed by atoms with E-state index < -0.39 is 0 Å². The number of nitrogens with one attached hydrogen (secondary N) is 1. The second kappa shape index (κ2) is 6.58. The van der Waals surface area contributed by atoms with Crippen molar-refractivity contribution < 1.29 is 4.74 Å². The fourth-order valence-corrected chi connectivity index (χ4v) is 2.15. The van der Waals surface area contributed by atoms with Crippen LogP contribution in [-0.2, 0) is 4.74 Å². The van der Waals surface area contributed by atoms with Crippen molar-refractivity contribution in [2.75, 3.05) is 32.8 Å². The fourth-order valence-electron chi connectivity index (χ4n) is 2.15. The van der Waals surface area contributed by atoms with Gasteiger partial charge in [0.15, 0.2) is 0 Å². The summed E-state index contributed by atoms with van der Waals surface area (Å²) in [5.41, 5.74) is 0.289. The summed E-state index contributed by atoms with van der Waals surface area (Å²) < 4.78 is 5.57. The SMILES string of the molecule is CCCOCCN1CC(C)(CC)NCC1C. The standard InChI is InChI=1S/C13H28N2O/c1-5-8-16-9-7-15-11-13(4,6-2)14-10-12(15)3/h12,14H,5-11H2,1-4H3. The third kappa shape index (κ3) is 4.04. The molecule has 1 aliphatic rings. The second-order valence-corrected chi connectivity index (χ2v) is 5.23. The number of hydrogen-bond donors (Lipinski definition) is 1. The molecule has 1 saturated heterocycles. The number of piperazine rings is 1. The van der Waals surface area contributed by atoms with Crippen molar-refractivity contribution in [1.29, 1.82) is 0 Å². The van der Waals surface area contributed by atoms with Crippen LogP contribution in [0.5, 0.6) is 0 Å². The largest absolute Gasteiger partial charge is 0.380 e. The smallest absolute Gasteiger partial charge is 0.0593 e. The van der Waals surface area contributed by atoms with E-state index >= 15 is 0 Å². The van der Waals surface area contributed by atoms with Gasteiger partial charge in [0, 0.05) is 37.8 Å². The Balaban J connectivity index is 2.32. The molecule has 1 N–H and O–H groups in total. The quantitative estimate of drug-likeness (QED) is 0.703. The van der Waals surface area contributed by atoms with Crippen LogP contribution in [0.2, 0.25) is 0 Å². The molecule has 0 amide bonds. The zero-order chi connectivity index (χ0) is 12.0. The molecule has 1 aliphatic heterocycles. The third-order valence-electron chi connectivity index (χ3n) is 3.65. The molecule has 0 saturated carbocycles. The topological polar surface area (TPSA) is 24.5 Å². The normalized spacial score (nSPS) is 31.9. The highest BCUT2D eigenvalue weighted by molar-refractivity contribution is 4.92. The van der Waals surface area contributed by atoms with Crippen molar-refractivity contribution in [2.24, 2.45) is 0 Å². The Kier molecular flexibility index (Phi) is 5.73. The van der Waals surface area contributed by atoms with Crippen molar-refractivity contribution in [3.63, 3.8) is 0 Å². The Morgan fingerprint density at radius 2 is 2.12 bits per heavy atom. The molecule has 1 rings (SSSR count). The lowest BCUT2D eigenvalue weighted by molar-refractivity contribution is 0.0495. The highest BCUT2D eigenvalue weighted by Gasteiger charge is 2.31. The van der Waals surface area contributed by atoms with Gasteiger partial charge in [-0.1, -0.05) is 13.8 Å². The Morgan fingerprint density at radius 3 is 2.75 bits per heavy atom. The Morgan fingerprint density at radius 1 is 1.38 bits per heavy atom. The van der Waals surface area contributed by atoms with Crippen molar-refractivity contribution >= 4 is 0 Å². The molecule has 0 aliphatic carbocycles. The molecule has 0 aromatic rings. The van der Waals surface area contributed by atoms with E-state index in [4.69, 9.17) is 4.74 Å². The van der Waals surface area contributed by atoms with E-state index in [1.807, 2.05) is 0 Å². The number of ether oxygens (including phenoxy) is 1. The molecule has 2 atom stereocenters. The molecule has 1 heterocycles. The van der Waals surface area contributed by atoms with E-state index in [1.165, 1.54) is 6.42 Å². The molecular formula is C13H28N2O. The molecule has 0 aromatic heterocycles.